The first-order valence-electron chi connectivity index (χ1n) is 8.49. The second kappa shape index (κ2) is 5.34. The zero-order chi connectivity index (χ0) is 17.9. The fraction of sp³-hybridized carbons (Fsp3) is 0.389. The second-order valence-electron chi connectivity index (χ2n) is 6.55. The average Bonchev–Trinajstić information content (AvgIpc) is 3.15. The number of aryl methyl sites for hydroxylation is 3. The first-order chi connectivity index (χ1) is 11.9. The van der Waals surface area contributed by atoms with Crippen molar-refractivity contribution in [3.8, 4) is 0 Å². The number of nitrogens with zero attached hydrogens (tertiary/aromatic N) is 5. The smallest absolute Gasteiger partial charge is 0.310 e. The lowest BCUT2D eigenvalue weighted by atomic mass is 10.1. The summed E-state index contributed by atoms with van der Waals surface area (Å²) in [6.07, 6.45) is 0. The van der Waals surface area contributed by atoms with Crippen LogP contribution >= 0.6 is 0 Å². The summed E-state index contributed by atoms with van der Waals surface area (Å²) in [7, 11) is 1.67. The van der Waals surface area contributed by atoms with Crippen LogP contribution in [0.25, 0.3) is 11.2 Å². The molecule has 0 radical (unpaired) electrons. The normalized spacial score (nSPS) is 13.7. The molecule has 0 unspecified atom stereocenters. The number of hydrogen-bond donors (Lipinski definition) is 0. The highest BCUT2D eigenvalue weighted by Crippen LogP contribution is 2.32. The third kappa shape index (κ3) is 2.08. The van der Waals surface area contributed by atoms with Gasteiger partial charge < -0.3 is 9.47 Å². The molecule has 4 rings (SSSR count). The number of aromatic nitrogens is 4. The van der Waals surface area contributed by atoms with E-state index >= 15 is 0 Å². The molecule has 0 saturated carbocycles. The minimum absolute atomic E-state index is 0.263. The van der Waals surface area contributed by atoms with E-state index in [9.17, 15) is 9.59 Å². The van der Waals surface area contributed by atoms with E-state index in [0.29, 0.717) is 24.3 Å². The number of imidazole rings is 1. The highest BCUT2D eigenvalue weighted by atomic mass is 16.2. The molecule has 0 amide bonds. The van der Waals surface area contributed by atoms with Gasteiger partial charge in [-0.1, -0.05) is 6.07 Å². The van der Waals surface area contributed by atoms with Crippen molar-refractivity contribution in [2.45, 2.75) is 33.9 Å². The molecule has 1 aliphatic rings. The molecule has 0 atom stereocenters. The van der Waals surface area contributed by atoms with Crippen molar-refractivity contribution in [2.24, 2.45) is 7.05 Å². The molecule has 7 heteroatoms. The molecule has 25 heavy (non-hydrogen) atoms. The van der Waals surface area contributed by atoms with Crippen molar-refractivity contribution in [1.29, 1.82) is 0 Å². The van der Waals surface area contributed by atoms with Crippen LogP contribution in [0.1, 0.15) is 18.1 Å². The van der Waals surface area contributed by atoms with Crippen LogP contribution in [0.3, 0.4) is 0 Å². The van der Waals surface area contributed by atoms with Crippen LogP contribution in [-0.4, -0.2) is 25.2 Å². The van der Waals surface area contributed by atoms with Gasteiger partial charge in [0, 0.05) is 32.4 Å². The fourth-order valence-electron chi connectivity index (χ4n) is 3.49. The molecule has 0 fully saturated rings. The Kier molecular flexibility index (Phi) is 3.35. The SMILES string of the molecule is CCn1c(=O)c2c(nc3n2CCN3c2ccc(C)c(C)c2)n(C)c1=O. The van der Waals surface area contributed by atoms with E-state index in [1.165, 1.54) is 20.3 Å². The minimum Gasteiger partial charge on any atom is -0.310 e. The average molecular weight is 339 g/mol. The lowest BCUT2D eigenvalue weighted by Crippen LogP contribution is -2.39. The van der Waals surface area contributed by atoms with Gasteiger partial charge in [-0.15, -0.1) is 0 Å². The van der Waals surface area contributed by atoms with Gasteiger partial charge in [-0.2, -0.15) is 4.98 Å². The maximum atomic E-state index is 12.8. The van der Waals surface area contributed by atoms with E-state index in [2.05, 4.69) is 41.9 Å². The van der Waals surface area contributed by atoms with Crippen molar-refractivity contribution in [3.63, 3.8) is 0 Å². The number of anilines is 2. The van der Waals surface area contributed by atoms with E-state index in [0.717, 1.165) is 18.2 Å². The van der Waals surface area contributed by atoms with Gasteiger partial charge in [-0.05, 0) is 44.0 Å². The zero-order valence-electron chi connectivity index (χ0n) is 14.9. The minimum atomic E-state index is -0.325. The quantitative estimate of drug-likeness (QED) is 0.713. The van der Waals surface area contributed by atoms with Gasteiger partial charge in [0.15, 0.2) is 11.2 Å². The molecule has 0 N–H and O–H groups in total. The Balaban J connectivity index is 1.97. The molecule has 3 aromatic rings. The van der Waals surface area contributed by atoms with Gasteiger partial charge in [0.2, 0.25) is 5.95 Å². The summed E-state index contributed by atoms with van der Waals surface area (Å²) in [6, 6.07) is 6.30. The number of fused-ring (bicyclic) bond motifs is 3. The zero-order valence-corrected chi connectivity index (χ0v) is 14.9. The Morgan fingerprint density at radius 2 is 1.88 bits per heavy atom. The summed E-state index contributed by atoms with van der Waals surface area (Å²) >= 11 is 0. The Morgan fingerprint density at radius 3 is 2.56 bits per heavy atom. The third-order valence-corrected chi connectivity index (χ3v) is 5.12. The van der Waals surface area contributed by atoms with Gasteiger partial charge in [0.05, 0.1) is 0 Å². The molecule has 1 aliphatic heterocycles. The fourth-order valence-corrected chi connectivity index (χ4v) is 3.49. The van der Waals surface area contributed by atoms with Crippen LogP contribution < -0.4 is 16.1 Å². The predicted molar refractivity (Wildman–Crippen MR) is 97.8 cm³/mol. The molecule has 0 spiro atoms. The van der Waals surface area contributed by atoms with E-state index in [1.807, 2.05) is 4.57 Å². The Morgan fingerprint density at radius 1 is 1.12 bits per heavy atom. The molecule has 130 valence electrons. The summed E-state index contributed by atoms with van der Waals surface area (Å²) in [5.41, 5.74) is 3.87. The van der Waals surface area contributed by atoms with Gasteiger partial charge >= 0.3 is 5.69 Å². The molecule has 0 aliphatic carbocycles. The summed E-state index contributed by atoms with van der Waals surface area (Å²) < 4.78 is 4.65. The van der Waals surface area contributed by atoms with E-state index in [4.69, 9.17) is 0 Å². The van der Waals surface area contributed by atoms with Crippen LogP contribution in [0, 0.1) is 13.8 Å². The van der Waals surface area contributed by atoms with Crippen molar-refractivity contribution < 1.29 is 0 Å². The van der Waals surface area contributed by atoms with Crippen molar-refractivity contribution >= 4 is 22.8 Å². The van der Waals surface area contributed by atoms with Crippen LogP contribution in [0.4, 0.5) is 11.6 Å². The Hall–Kier alpha value is -2.83. The van der Waals surface area contributed by atoms with Gasteiger partial charge in [0.25, 0.3) is 5.56 Å². The Bertz CT molecular complexity index is 1120. The molecule has 7 nitrogen and oxygen atoms in total. The largest absolute Gasteiger partial charge is 0.332 e. The molecular weight excluding hydrogens is 318 g/mol. The first-order valence-corrected chi connectivity index (χ1v) is 8.49. The molecular formula is C18H21N5O2. The second-order valence-corrected chi connectivity index (χ2v) is 6.55. The van der Waals surface area contributed by atoms with Crippen LogP contribution in [0.5, 0.6) is 0 Å². The van der Waals surface area contributed by atoms with Gasteiger partial charge in [0.1, 0.15) is 0 Å². The first kappa shape index (κ1) is 15.7. The van der Waals surface area contributed by atoms with E-state index in [1.54, 1.807) is 14.0 Å². The molecule has 0 saturated heterocycles. The lowest BCUT2D eigenvalue weighted by Gasteiger charge is -2.17. The van der Waals surface area contributed by atoms with Gasteiger partial charge in [-0.3, -0.25) is 13.9 Å². The molecule has 3 heterocycles. The maximum Gasteiger partial charge on any atom is 0.332 e. The number of rotatable bonds is 2. The summed E-state index contributed by atoms with van der Waals surface area (Å²) in [5, 5.41) is 0. The van der Waals surface area contributed by atoms with Crippen LogP contribution in [-0.2, 0) is 20.1 Å². The standard InChI is InChI=1S/C18H21N5O2/c1-5-21-16(24)14-15(20(4)18(21)25)19-17-22(8-9-23(14)17)13-7-6-11(2)12(3)10-13/h6-7,10H,5,8-9H2,1-4H3. The predicted octanol–water partition coefficient (Wildman–Crippen LogP) is 1.69. The molecule has 0 bridgehead atoms. The molecule has 2 aromatic heterocycles. The van der Waals surface area contributed by atoms with E-state index in [-0.39, 0.29) is 11.2 Å². The summed E-state index contributed by atoms with van der Waals surface area (Å²) in [4.78, 5) is 31.9. The molecule has 1 aromatic carbocycles. The summed E-state index contributed by atoms with van der Waals surface area (Å²) in [6.45, 7) is 7.76. The van der Waals surface area contributed by atoms with Crippen LogP contribution in [0.15, 0.2) is 27.8 Å². The topological polar surface area (TPSA) is 65.1 Å². The number of benzene rings is 1. The lowest BCUT2D eigenvalue weighted by molar-refractivity contribution is 0.633. The van der Waals surface area contributed by atoms with Crippen LogP contribution in [0.2, 0.25) is 0 Å². The highest BCUT2D eigenvalue weighted by molar-refractivity contribution is 5.77. The third-order valence-electron chi connectivity index (χ3n) is 5.12. The van der Waals surface area contributed by atoms with E-state index < -0.39 is 0 Å². The van der Waals surface area contributed by atoms with Gasteiger partial charge in [-0.25, -0.2) is 4.79 Å². The van der Waals surface area contributed by atoms with Crippen molar-refractivity contribution in [1.82, 2.24) is 18.7 Å². The maximum absolute atomic E-state index is 12.8. The monoisotopic (exact) mass is 339 g/mol. The number of hydrogen-bond acceptors (Lipinski definition) is 4. The highest BCUT2D eigenvalue weighted by Gasteiger charge is 2.28. The summed E-state index contributed by atoms with van der Waals surface area (Å²) in [5.74, 6) is 0.721. The van der Waals surface area contributed by atoms with Crippen molar-refractivity contribution in [3.05, 3.63) is 50.2 Å². The Labute approximate surface area is 144 Å². The van der Waals surface area contributed by atoms with Crippen molar-refractivity contribution in [2.75, 3.05) is 11.4 Å².